The lowest BCUT2D eigenvalue weighted by Crippen LogP contribution is -2.21. The molecule has 0 bridgehead atoms. The van der Waals surface area contributed by atoms with Gasteiger partial charge in [0, 0.05) is 14.8 Å². The first kappa shape index (κ1) is 22.0. The molecule has 4 aromatic heterocycles. The lowest BCUT2D eigenvalue weighted by Gasteiger charge is -2.26. The number of benzene rings is 2. The standard InChI is InChI=1S/C27H17ClN4O4S/c1-13-7-10-19(37-13)20-21-23(15-5-3-4-6-18(15)35-27(21)33)36-26-22(20)25-30-24(31-32(25)12-29-26)16-11-14(28)8-9-17(16)34-2/h3-12,20H,1-2H3. The lowest BCUT2D eigenvalue weighted by atomic mass is 9.88. The molecule has 37 heavy (non-hydrogen) atoms. The molecule has 8 nitrogen and oxygen atoms in total. The van der Waals surface area contributed by atoms with E-state index in [2.05, 4.69) is 10.1 Å². The van der Waals surface area contributed by atoms with Gasteiger partial charge >= 0.3 is 5.63 Å². The van der Waals surface area contributed by atoms with Crippen molar-refractivity contribution in [2.45, 2.75) is 12.8 Å². The molecule has 2 aromatic carbocycles. The van der Waals surface area contributed by atoms with Crippen LogP contribution in [0.5, 0.6) is 17.4 Å². The molecule has 1 unspecified atom stereocenters. The average Bonchev–Trinajstić information content (AvgIpc) is 3.54. The maximum atomic E-state index is 13.4. The van der Waals surface area contributed by atoms with Gasteiger partial charge in [0.25, 0.3) is 0 Å². The van der Waals surface area contributed by atoms with Gasteiger partial charge < -0.3 is 13.9 Å². The molecule has 7 rings (SSSR count). The SMILES string of the molecule is COc1ccc(Cl)cc1-c1nc2c3c(ncn2n1)Oc1c(c(=O)oc2ccccc12)C3c1ccc(C)s1. The summed E-state index contributed by atoms with van der Waals surface area (Å²) in [6.45, 7) is 2.03. The maximum absolute atomic E-state index is 13.4. The highest BCUT2D eigenvalue weighted by Gasteiger charge is 2.38. The van der Waals surface area contributed by atoms with Crippen molar-refractivity contribution in [3.05, 3.63) is 97.2 Å². The first-order valence-electron chi connectivity index (χ1n) is 11.4. The Morgan fingerprint density at radius 3 is 2.78 bits per heavy atom. The maximum Gasteiger partial charge on any atom is 0.344 e. The number of hydrogen-bond acceptors (Lipinski definition) is 8. The summed E-state index contributed by atoms with van der Waals surface area (Å²) in [5.41, 5.74) is 2.19. The number of para-hydroxylation sites is 1. The van der Waals surface area contributed by atoms with Crippen LogP contribution in [0.2, 0.25) is 5.02 Å². The number of rotatable bonds is 3. The number of halogens is 1. The molecule has 10 heteroatoms. The number of aryl methyl sites for hydroxylation is 1. The lowest BCUT2D eigenvalue weighted by molar-refractivity contribution is 0.416. The van der Waals surface area contributed by atoms with Crippen molar-refractivity contribution in [3.63, 3.8) is 0 Å². The molecule has 0 amide bonds. The molecule has 5 heterocycles. The minimum atomic E-state index is -0.507. The van der Waals surface area contributed by atoms with Crippen molar-refractivity contribution in [2.24, 2.45) is 0 Å². The molecule has 0 aliphatic carbocycles. The Labute approximate surface area is 218 Å². The van der Waals surface area contributed by atoms with Crippen LogP contribution in [0.4, 0.5) is 0 Å². The van der Waals surface area contributed by atoms with Crippen LogP contribution < -0.4 is 15.1 Å². The monoisotopic (exact) mass is 528 g/mol. The zero-order valence-corrected chi connectivity index (χ0v) is 21.1. The van der Waals surface area contributed by atoms with Crippen molar-refractivity contribution in [3.8, 4) is 28.8 Å². The Hall–Kier alpha value is -4.21. The van der Waals surface area contributed by atoms with Gasteiger partial charge in [-0.1, -0.05) is 23.7 Å². The number of ether oxygens (including phenoxy) is 2. The minimum absolute atomic E-state index is 0.365. The third-order valence-electron chi connectivity index (χ3n) is 6.41. The van der Waals surface area contributed by atoms with Crippen molar-refractivity contribution in [1.29, 1.82) is 0 Å². The van der Waals surface area contributed by atoms with E-state index in [0.717, 1.165) is 9.75 Å². The molecule has 0 radical (unpaired) electrons. The molecule has 1 atom stereocenters. The van der Waals surface area contributed by atoms with Crippen LogP contribution in [-0.2, 0) is 0 Å². The van der Waals surface area contributed by atoms with Crippen molar-refractivity contribution in [1.82, 2.24) is 19.6 Å². The van der Waals surface area contributed by atoms with Gasteiger partial charge in [-0.25, -0.2) is 19.3 Å². The Bertz CT molecular complexity index is 1930. The Morgan fingerprint density at radius 2 is 1.97 bits per heavy atom. The van der Waals surface area contributed by atoms with Gasteiger partial charge in [0.1, 0.15) is 17.7 Å². The van der Waals surface area contributed by atoms with Gasteiger partial charge in [-0.2, -0.15) is 0 Å². The molecule has 0 N–H and O–H groups in total. The second-order valence-corrected chi connectivity index (χ2v) is 10.4. The predicted octanol–water partition coefficient (Wildman–Crippen LogP) is 6.22. The fraction of sp³-hybridized carbons (Fsp3) is 0.111. The van der Waals surface area contributed by atoms with E-state index in [0.29, 0.717) is 61.5 Å². The van der Waals surface area contributed by atoms with Crippen LogP contribution in [-0.4, -0.2) is 26.7 Å². The topological polar surface area (TPSA) is 91.8 Å². The van der Waals surface area contributed by atoms with Crippen LogP contribution in [0.3, 0.4) is 0 Å². The van der Waals surface area contributed by atoms with E-state index in [-0.39, 0.29) is 0 Å². The molecular formula is C27H17ClN4O4S. The molecule has 0 fully saturated rings. The number of thiophene rings is 1. The Kier molecular flexibility index (Phi) is 4.85. The number of hydrogen-bond donors (Lipinski definition) is 0. The second-order valence-electron chi connectivity index (χ2n) is 8.62. The summed E-state index contributed by atoms with van der Waals surface area (Å²) in [6, 6.07) is 16.6. The highest BCUT2D eigenvalue weighted by atomic mass is 35.5. The van der Waals surface area contributed by atoms with E-state index in [4.69, 9.17) is 30.5 Å². The van der Waals surface area contributed by atoms with Gasteiger partial charge in [0.15, 0.2) is 17.2 Å². The summed E-state index contributed by atoms with van der Waals surface area (Å²) >= 11 is 7.87. The zero-order valence-electron chi connectivity index (χ0n) is 19.6. The molecular weight excluding hydrogens is 512 g/mol. The minimum Gasteiger partial charge on any atom is -0.496 e. The van der Waals surface area contributed by atoms with E-state index < -0.39 is 11.5 Å². The second kappa shape index (κ2) is 8.16. The molecule has 6 aromatic rings. The van der Waals surface area contributed by atoms with Crippen LogP contribution >= 0.6 is 22.9 Å². The summed E-state index contributed by atoms with van der Waals surface area (Å²) in [5, 5.41) is 5.89. The Balaban J connectivity index is 1.54. The van der Waals surface area contributed by atoms with Crippen LogP contribution in [0.15, 0.2) is 70.1 Å². The van der Waals surface area contributed by atoms with Crippen molar-refractivity contribution in [2.75, 3.05) is 7.11 Å². The summed E-state index contributed by atoms with van der Waals surface area (Å²) in [4.78, 5) is 24.9. The van der Waals surface area contributed by atoms with Gasteiger partial charge in [0.05, 0.1) is 35.1 Å². The third-order valence-corrected chi connectivity index (χ3v) is 7.71. The average molecular weight is 529 g/mol. The van der Waals surface area contributed by atoms with Gasteiger partial charge in [0.2, 0.25) is 5.88 Å². The fourth-order valence-electron chi connectivity index (χ4n) is 4.79. The summed E-state index contributed by atoms with van der Waals surface area (Å²) < 4.78 is 19.2. The number of fused-ring (bicyclic) bond motifs is 6. The molecule has 0 saturated carbocycles. The first-order chi connectivity index (χ1) is 18.0. The van der Waals surface area contributed by atoms with E-state index in [1.54, 1.807) is 53.6 Å². The van der Waals surface area contributed by atoms with E-state index >= 15 is 0 Å². The molecule has 182 valence electrons. The quantitative estimate of drug-likeness (QED) is 0.251. The van der Waals surface area contributed by atoms with Gasteiger partial charge in [-0.3, -0.25) is 0 Å². The first-order valence-corrected chi connectivity index (χ1v) is 12.6. The van der Waals surface area contributed by atoms with E-state index in [1.807, 2.05) is 37.3 Å². The molecule has 1 aliphatic rings. The molecule has 0 spiro atoms. The fourth-order valence-corrected chi connectivity index (χ4v) is 5.96. The third kappa shape index (κ3) is 3.35. The van der Waals surface area contributed by atoms with E-state index in [9.17, 15) is 4.79 Å². The predicted molar refractivity (Wildman–Crippen MR) is 140 cm³/mol. The molecule has 1 aliphatic heterocycles. The normalized spacial score (nSPS) is 14.4. The highest BCUT2D eigenvalue weighted by molar-refractivity contribution is 7.12. The smallest absolute Gasteiger partial charge is 0.344 e. The van der Waals surface area contributed by atoms with Crippen molar-refractivity contribution < 1.29 is 13.9 Å². The molecule has 0 saturated heterocycles. The largest absolute Gasteiger partial charge is 0.496 e. The van der Waals surface area contributed by atoms with Crippen LogP contribution in [0.1, 0.15) is 26.8 Å². The number of aromatic nitrogens is 4. The summed E-state index contributed by atoms with van der Waals surface area (Å²) in [5.74, 6) is 1.30. The van der Waals surface area contributed by atoms with Crippen LogP contribution in [0, 0.1) is 6.92 Å². The number of methoxy groups -OCH3 is 1. The summed E-state index contributed by atoms with van der Waals surface area (Å²) in [7, 11) is 1.58. The zero-order chi connectivity index (χ0) is 25.3. The van der Waals surface area contributed by atoms with Gasteiger partial charge in [-0.05, 0) is 49.4 Å². The van der Waals surface area contributed by atoms with E-state index in [1.165, 1.54) is 0 Å². The van der Waals surface area contributed by atoms with Crippen LogP contribution in [0.25, 0.3) is 28.0 Å². The number of nitrogens with zero attached hydrogens (tertiary/aromatic N) is 4. The van der Waals surface area contributed by atoms with Gasteiger partial charge in [-0.15, -0.1) is 16.4 Å². The summed E-state index contributed by atoms with van der Waals surface area (Å²) in [6.07, 6.45) is 1.55. The van der Waals surface area contributed by atoms with Crippen molar-refractivity contribution >= 4 is 39.6 Å². The highest BCUT2D eigenvalue weighted by Crippen LogP contribution is 2.50. The Morgan fingerprint density at radius 1 is 1.11 bits per heavy atom.